The van der Waals surface area contributed by atoms with Crippen LogP contribution in [0.1, 0.15) is 22.9 Å². The van der Waals surface area contributed by atoms with Gasteiger partial charge in [0.1, 0.15) is 18.5 Å². The minimum absolute atomic E-state index is 0.0977. The second-order valence-corrected chi connectivity index (χ2v) is 7.54. The van der Waals surface area contributed by atoms with Gasteiger partial charge in [0, 0.05) is 25.0 Å². The third-order valence-electron chi connectivity index (χ3n) is 5.25. The van der Waals surface area contributed by atoms with Gasteiger partial charge in [-0.25, -0.2) is 0 Å². The molecule has 1 heterocycles. The van der Waals surface area contributed by atoms with E-state index in [1.807, 2.05) is 42.5 Å². The minimum atomic E-state index is -0.581. The van der Waals surface area contributed by atoms with Crippen LogP contribution in [0.4, 0.5) is 0 Å². The van der Waals surface area contributed by atoms with E-state index in [2.05, 4.69) is 76.7 Å². The molecule has 4 aromatic rings. The van der Waals surface area contributed by atoms with E-state index in [9.17, 15) is 5.11 Å². The molecular weight excluding hydrogens is 384 g/mol. The predicted molar refractivity (Wildman–Crippen MR) is 124 cm³/mol. The van der Waals surface area contributed by atoms with Crippen LogP contribution in [0.3, 0.4) is 0 Å². The number of aliphatic hydroxyl groups excluding tert-OH is 1. The van der Waals surface area contributed by atoms with Gasteiger partial charge in [0.15, 0.2) is 0 Å². The van der Waals surface area contributed by atoms with Crippen molar-refractivity contribution in [3.8, 4) is 5.75 Å². The van der Waals surface area contributed by atoms with Crippen LogP contribution < -0.4 is 10.1 Å². The van der Waals surface area contributed by atoms with Crippen molar-refractivity contribution >= 4 is 0 Å². The summed E-state index contributed by atoms with van der Waals surface area (Å²) in [5.41, 5.74) is 3.64. The van der Waals surface area contributed by atoms with Crippen LogP contribution in [0.15, 0.2) is 109 Å². The van der Waals surface area contributed by atoms with E-state index in [-0.39, 0.29) is 12.6 Å². The van der Waals surface area contributed by atoms with Crippen molar-refractivity contribution < 1.29 is 9.84 Å². The number of aromatic nitrogens is 1. The summed E-state index contributed by atoms with van der Waals surface area (Å²) in [6, 6.07) is 34.9. The molecule has 4 nitrogen and oxygen atoms in total. The fraction of sp³-hybridized carbons (Fsp3) is 0.185. The lowest BCUT2D eigenvalue weighted by Gasteiger charge is -2.23. The Kier molecular flexibility index (Phi) is 7.16. The summed E-state index contributed by atoms with van der Waals surface area (Å²) in [7, 11) is 0. The molecule has 3 aromatic carbocycles. The second kappa shape index (κ2) is 10.6. The number of nitrogens with zero attached hydrogens (tertiary/aromatic N) is 1. The number of nitrogens with one attached hydrogen (secondary N) is 1. The van der Waals surface area contributed by atoms with Gasteiger partial charge in [0.25, 0.3) is 0 Å². The molecule has 0 saturated carbocycles. The molecule has 0 radical (unpaired) electrons. The smallest absolute Gasteiger partial charge is 0.119 e. The fourth-order valence-electron chi connectivity index (χ4n) is 3.75. The highest BCUT2D eigenvalue weighted by Gasteiger charge is 2.18. The van der Waals surface area contributed by atoms with Crippen molar-refractivity contribution in [2.24, 2.45) is 0 Å². The second-order valence-electron chi connectivity index (χ2n) is 7.54. The largest absolute Gasteiger partial charge is 0.491 e. The van der Waals surface area contributed by atoms with Gasteiger partial charge in [0.2, 0.25) is 0 Å². The summed E-state index contributed by atoms with van der Waals surface area (Å²) in [5.74, 6) is 0.768. The van der Waals surface area contributed by atoms with Crippen LogP contribution >= 0.6 is 0 Å². The Hall–Kier alpha value is -3.34. The molecule has 0 aliphatic heterocycles. The number of ether oxygens (including phenoxy) is 1. The standard InChI is InChI=1S/C27H28N2O2/c30-25(21-31-26-16-8-3-9-17-26)20-28-19-24-15-10-18-29(24)27(22-11-4-1-5-12-22)23-13-6-2-7-14-23/h1-18,25,27-28,30H,19-21H2. The van der Waals surface area contributed by atoms with Crippen molar-refractivity contribution in [1.29, 1.82) is 0 Å². The molecular formula is C27H28N2O2. The molecule has 1 atom stereocenters. The SMILES string of the molecule is OC(CNCc1cccn1C(c1ccccc1)c1ccccc1)COc1ccccc1. The van der Waals surface area contributed by atoms with Crippen LogP contribution in [0.25, 0.3) is 0 Å². The zero-order valence-corrected chi connectivity index (χ0v) is 17.5. The summed E-state index contributed by atoms with van der Waals surface area (Å²) in [5, 5.41) is 13.7. The summed E-state index contributed by atoms with van der Waals surface area (Å²) in [4.78, 5) is 0. The van der Waals surface area contributed by atoms with Gasteiger partial charge in [-0.1, -0.05) is 78.9 Å². The Labute approximate surface area is 183 Å². The number of para-hydroxylation sites is 1. The normalized spacial score (nSPS) is 12.1. The zero-order valence-electron chi connectivity index (χ0n) is 17.5. The highest BCUT2D eigenvalue weighted by atomic mass is 16.5. The average molecular weight is 413 g/mol. The molecule has 2 N–H and O–H groups in total. The number of hydrogen-bond acceptors (Lipinski definition) is 3. The third kappa shape index (κ3) is 5.63. The van der Waals surface area contributed by atoms with E-state index in [1.165, 1.54) is 11.1 Å². The maximum atomic E-state index is 10.3. The Bertz CT molecular complexity index is 993. The van der Waals surface area contributed by atoms with E-state index < -0.39 is 6.10 Å². The number of rotatable bonds is 10. The molecule has 0 fully saturated rings. The highest BCUT2D eigenvalue weighted by Crippen LogP contribution is 2.28. The van der Waals surface area contributed by atoms with Crippen LogP contribution in [0.2, 0.25) is 0 Å². The van der Waals surface area contributed by atoms with E-state index in [1.54, 1.807) is 0 Å². The first-order chi connectivity index (χ1) is 15.3. The lowest BCUT2D eigenvalue weighted by Crippen LogP contribution is -2.32. The maximum Gasteiger partial charge on any atom is 0.119 e. The van der Waals surface area contributed by atoms with Gasteiger partial charge >= 0.3 is 0 Å². The average Bonchev–Trinajstić information content (AvgIpc) is 3.28. The van der Waals surface area contributed by atoms with E-state index >= 15 is 0 Å². The predicted octanol–water partition coefficient (Wildman–Crippen LogP) is 4.66. The first kappa shape index (κ1) is 20.9. The molecule has 1 unspecified atom stereocenters. The van der Waals surface area contributed by atoms with Crippen molar-refractivity contribution in [3.63, 3.8) is 0 Å². The van der Waals surface area contributed by atoms with Gasteiger partial charge in [0.05, 0.1) is 6.04 Å². The Morgan fingerprint density at radius 1 is 0.742 bits per heavy atom. The number of hydrogen-bond donors (Lipinski definition) is 2. The molecule has 0 aliphatic carbocycles. The van der Waals surface area contributed by atoms with E-state index in [4.69, 9.17) is 4.74 Å². The van der Waals surface area contributed by atoms with Crippen LogP contribution in [0.5, 0.6) is 5.75 Å². The lowest BCUT2D eigenvalue weighted by atomic mass is 9.98. The molecule has 0 aliphatic rings. The van der Waals surface area contributed by atoms with Crippen LogP contribution in [-0.4, -0.2) is 28.9 Å². The topological polar surface area (TPSA) is 46.4 Å². The lowest BCUT2D eigenvalue weighted by molar-refractivity contribution is 0.106. The quantitative estimate of drug-likeness (QED) is 0.398. The first-order valence-corrected chi connectivity index (χ1v) is 10.6. The molecule has 0 bridgehead atoms. The zero-order chi connectivity index (χ0) is 21.3. The monoisotopic (exact) mass is 412 g/mol. The summed E-state index contributed by atoms with van der Waals surface area (Å²) >= 11 is 0. The molecule has 4 rings (SSSR count). The first-order valence-electron chi connectivity index (χ1n) is 10.6. The third-order valence-corrected chi connectivity index (χ3v) is 5.25. The Balaban J connectivity index is 1.41. The van der Waals surface area contributed by atoms with Gasteiger partial charge in [-0.05, 0) is 35.4 Å². The maximum absolute atomic E-state index is 10.3. The van der Waals surface area contributed by atoms with Gasteiger partial charge in [-0.2, -0.15) is 0 Å². The van der Waals surface area contributed by atoms with Crippen LogP contribution in [0, 0.1) is 0 Å². The molecule has 4 heteroatoms. The van der Waals surface area contributed by atoms with Crippen molar-refractivity contribution in [2.45, 2.75) is 18.7 Å². The summed E-state index contributed by atoms with van der Waals surface area (Å²) in [6.07, 6.45) is 1.54. The van der Waals surface area contributed by atoms with Crippen molar-refractivity contribution in [2.75, 3.05) is 13.2 Å². The minimum Gasteiger partial charge on any atom is -0.491 e. The molecule has 0 amide bonds. The summed E-state index contributed by atoms with van der Waals surface area (Å²) in [6.45, 7) is 1.37. The molecule has 1 aromatic heterocycles. The van der Waals surface area contributed by atoms with Gasteiger partial charge in [-0.15, -0.1) is 0 Å². The van der Waals surface area contributed by atoms with Gasteiger partial charge < -0.3 is 19.7 Å². The number of aliphatic hydroxyl groups is 1. The molecule has 31 heavy (non-hydrogen) atoms. The van der Waals surface area contributed by atoms with Crippen molar-refractivity contribution in [1.82, 2.24) is 9.88 Å². The van der Waals surface area contributed by atoms with E-state index in [0.717, 1.165) is 11.4 Å². The fourth-order valence-corrected chi connectivity index (χ4v) is 3.75. The number of benzene rings is 3. The Morgan fingerprint density at radius 3 is 1.94 bits per heavy atom. The van der Waals surface area contributed by atoms with Crippen LogP contribution in [-0.2, 0) is 6.54 Å². The van der Waals surface area contributed by atoms with Crippen molar-refractivity contribution in [3.05, 3.63) is 126 Å². The highest BCUT2D eigenvalue weighted by molar-refractivity contribution is 5.34. The molecule has 0 saturated heterocycles. The van der Waals surface area contributed by atoms with Gasteiger partial charge in [-0.3, -0.25) is 0 Å². The Morgan fingerprint density at radius 2 is 1.32 bits per heavy atom. The molecule has 158 valence electrons. The summed E-state index contributed by atoms with van der Waals surface area (Å²) < 4.78 is 7.93. The van der Waals surface area contributed by atoms with E-state index in [0.29, 0.717) is 13.1 Å². The molecule has 0 spiro atoms.